The zero-order valence-electron chi connectivity index (χ0n) is 17.5. The number of nitrogens with zero attached hydrogens (tertiary/aromatic N) is 3. The van der Waals surface area contributed by atoms with Gasteiger partial charge in [0.15, 0.2) is 4.32 Å². The highest BCUT2D eigenvalue weighted by atomic mass is 32.2. The van der Waals surface area contributed by atoms with E-state index in [-0.39, 0.29) is 21.3 Å². The number of carbonyl (C=O) groups excluding carboxylic acids is 1. The summed E-state index contributed by atoms with van der Waals surface area (Å²) < 4.78 is 5.98. The lowest BCUT2D eigenvalue weighted by Gasteiger charge is -2.07. The van der Waals surface area contributed by atoms with E-state index in [1.54, 1.807) is 6.08 Å². The van der Waals surface area contributed by atoms with Gasteiger partial charge in [-0.1, -0.05) is 54.2 Å². The van der Waals surface area contributed by atoms with Gasteiger partial charge in [-0.25, -0.2) is 0 Å². The van der Waals surface area contributed by atoms with Crippen LogP contribution >= 0.6 is 24.0 Å². The van der Waals surface area contributed by atoms with Crippen LogP contribution in [0.15, 0.2) is 82.8 Å². The van der Waals surface area contributed by atoms with Crippen molar-refractivity contribution in [1.82, 2.24) is 5.01 Å². The predicted octanol–water partition coefficient (Wildman–Crippen LogP) is 5.11. The molecule has 0 atom stereocenters. The smallest absolute Gasteiger partial charge is 0.286 e. The molecule has 3 aromatic carbocycles. The highest BCUT2D eigenvalue weighted by Crippen LogP contribution is 2.33. The molecule has 0 aromatic heterocycles. The first-order valence-electron chi connectivity index (χ1n) is 9.97. The minimum Gasteiger partial charge on any atom is -0.507 e. The van der Waals surface area contributed by atoms with Gasteiger partial charge in [0.1, 0.15) is 18.1 Å². The molecule has 10 heteroatoms. The first-order chi connectivity index (χ1) is 16.4. The number of hydrogen-bond acceptors (Lipinski definition) is 8. The molecule has 3 aromatic rings. The van der Waals surface area contributed by atoms with Gasteiger partial charge in [-0.3, -0.25) is 14.9 Å². The molecule has 34 heavy (non-hydrogen) atoms. The summed E-state index contributed by atoms with van der Waals surface area (Å²) >= 11 is 6.34. The summed E-state index contributed by atoms with van der Waals surface area (Å²) in [5, 5.41) is 25.9. The topological polar surface area (TPSA) is 105 Å². The molecule has 0 aliphatic carbocycles. The number of thiocarbonyl (C=S) groups is 1. The Hall–Kier alpha value is -4.02. The second kappa shape index (κ2) is 10.3. The minimum absolute atomic E-state index is 0.0957. The van der Waals surface area contributed by atoms with Crippen molar-refractivity contribution in [2.24, 2.45) is 5.10 Å². The number of non-ortho nitro benzene ring substituents is 1. The summed E-state index contributed by atoms with van der Waals surface area (Å²) in [5.41, 5.74) is 1.74. The maximum atomic E-state index is 12.8. The van der Waals surface area contributed by atoms with E-state index < -0.39 is 10.8 Å². The van der Waals surface area contributed by atoms with Crippen molar-refractivity contribution >= 4 is 52.2 Å². The molecule has 1 heterocycles. The van der Waals surface area contributed by atoms with Crippen molar-refractivity contribution < 1.29 is 19.6 Å². The van der Waals surface area contributed by atoms with E-state index in [4.69, 9.17) is 17.0 Å². The summed E-state index contributed by atoms with van der Waals surface area (Å²) in [6.45, 7) is 0.455. The maximum absolute atomic E-state index is 12.8. The van der Waals surface area contributed by atoms with E-state index in [0.29, 0.717) is 17.3 Å². The minimum atomic E-state index is -0.586. The zero-order chi connectivity index (χ0) is 24.1. The molecular formula is C24H17N3O5S2. The molecule has 1 aliphatic rings. The Morgan fingerprint density at radius 1 is 1.12 bits per heavy atom. The van der Waals surface area contributed by atoms with Crippen molar-refractivity contribution in [2.75, 3.05) is 0 Å². The summed E-state index contributed by atoms with van der Waals surface area (Å²) in [7, 11) is 0. The summed E-state index contributed by atoms with van der Waals surface area (Å²) in [4.78, 5) is 23.5. The number of aromatic hydroxyl groups is 1. The van der Waals surface area contributed by atoms with E-state index in [1.165, 1.54) is 12.1 Å². The molecule has 0 saturated carbocycles. The quantitative estimate of drug-likeness (QED) is 0.161. The van der Waals surface area contributed by atoms with Gasteiger partial charge in [0.25, 0.3) is 11.6 Å². The lowest BCUT2D eigenvalue weighted by Crippen LogP contribution is -2.22. The van der Waals surface area contributed by atoms with Gasteiger partial charge in [0.2, 0.25) is 0 Å². The van der Waals surface area contributed by atoms with Gasteiger partial charge in [0, 0.05) is 17.7 Å². The van der Waals surface area contributed by atoms with Gasteiger partial charge >= 0.3 is 0 Å². The lowest BCUT2D eigenvalue weighted by molar-refractivity contribution is -0.384. The highest BCUT2D eigenvalue weighted by Gasteiger charge is 2.32. The molecule has 1 fully saturated rings. The molecule has 1 amide bonds. The Morgan fingerprint density at radius 2 is 1.85 bits per heavy atom. The molecule has 1 N–H and O–H groups in total. The Morgan fingerprint density at radius 3 is 2.56 bits per heavy atom. The van der Waals surface area contributed by atoms with Crippen LogP contribution in [-0.4, -0.2) is 31.5 Å². The van der Waals surface area contributed by atoms with Crippen LogP contribution in [0.5, 0.6) is 11.5 Å². The number of rotatable bonds is 7. The third-order valence-corrected chi connectivity index (χ3v) is 6.02. The number of thioether (sulfide) groups is 1. The number of nitro benzene ring substituents is 1. The van der Waals surface area contributed by atoms with Crippen LogP contribution in [0.25, 0.3) is 6.08 Å². The first-order valence-corrected chi connectivity index (χ1v) is 11.2. The summed E-state index contributed by atoms with van der Waals surface area (Å²) in [6.07, 6.45) is 2.86. The van der Waals surface area contributed by atoms with E-state index in [0.717, 1.165) is 40.2 Å². The van der Waals surface area contributed by atoms with E-state index >= 15 is 0 Å². The Bertz CT molecular complexity index is 1310. The fourth-order valence-electron chi connectivity index (χ4n) is 2.99. The highest BCUT2D eigenvalue weighted by molar-refractivity contribution is 8.26. The molecule has 0 unspecified atom stereocenters. The van der Waals surface area contributed by atoms with Crippen molar-refractivity contribution in [1.29, 1.82) is 0 Å². The predicted molar refractivity (Wildman–Crippen MR) is 135 cm³/mol. The van der Waals surface area contributed by atoms with Gasteiger partial charge in [-0.2, -0.15) is 10.1 Å². The van der Waals surface area contributed by atoms with Gasteiger partial charge in [0.05, 0.1) is 16.0 Å². The molecule has 0 spiro atoms. The fourth-order valence-corrected chi connectivity index (χ4v) is 4.16. The fraction of sp³-hybridized carbons (Fsp3) is 0.0417. The zero-order valence-corrected chi connectivity index (χ0v) is 19.2. The third-order valence-electron chi connectivity index (χ3n) is 4.73. The number of ether oxygens (including phenoxy) is 1. The molecule has 8 nitrogen and oxygen atoms in total. The Kier molecular flexibility index (Phi) is 7.00. The van der Waals surface area contributed by atoms with Gasteiger partial charge in [-0.15, -0.1) is 0 Å². The van der Waals surface area contributed by atoms with Crippen LogP contribution in [0, 0.1) is 10.1 Å². The van der Waals surface area contributed by atoms with Crippen molar-refractivity contribution in [2.45, 2.75) is 6.61 Å². The van der Waals surface area contributed by atoms with E-state index in [1.807, 2.05) is 54.6 Å². The molecule has 1 aliphatic heterocycles. The standard InChI is InChI=1S/C24H17N3O5S2/c28-21-11-8-19(27(30)31)13-18(21)14-25-26-23(29)22(34-24(26)33)12-16-6-9-20(10-7-16)32-15-17-4-2-1-3-5-17/h1-14,28H,15H2/b22-12-,25-14-. The first kappa shape index (κ1) is 23.1. The summed E-state index contributed by atoms with van der Waals surface area (Å²) in [6, 6.07) is 20.6. The number of hydrogen-bond donors (Lipinski definition) is 1. The van der Waals surface area contributed by atoms with E-state index in [2.05, 4.69) is 5.10 Å². The lowest BCUT2D eigenvalue weighted by atomic mass is 10.2. The number of carbonyl (C=O) groups is 1. The van der Waals surface area contributed by atoms with Crippen LogP contribution in [0.4, 0.5) is 5.69 Å². The Balaban J connectivity index is 1.44. The third kappa shape index (κ3) is 5.48. The van der Waals surface area contributed by atoms with Gasteiger partial charge < -0.3 is 9.84 Å². The second-order valence-corrected chi connectivity index (χ2v) is 8.76. The van der Waals surface area contributed by atoms with Crippen molar-refractivity contribution in [3.8, 4) is 11.5 Å². The molecule has 4 rings (SSSR count). The van der Waals surface area contributed by atoms with Crippen LogP contribution < -0.4 is 4.74 Å². The SMILES string of the molecule is O=C1/C(=C/c2ccc(OCc3ccccc3)cc2)SC(=S)N1/N=C\c1cc([N+](=O)[O-])ccc1O. The monoisotopic (exact) mass is 491 g/mol. The Labute approximate surface area is 204 Å². The number of phenols is 1. The van der Waals surface area contributed by atoms with Crippen LogP contribution in [0.1, 0.15) is 16.7 Å². The van der Waals surface area contributed by atoms with Crippen molar-refractivity contribution in [3.05, 3.63) is 105 Å². The van der Waals surface area contributed by atoms with Crippen LogP contribution in [0.2, 0.25) is 0 Å². The second-order valence-electron chi connectivity index (χ2n) is 7.08. The average Bonchev–Trinajstić information content (AvgIpc) is 3.10. The van der Waals surface area contributed by atoms with Crippen LogP contribution in [-0.2, 0) is 11.4 Å². The molecule has 0 bridgehead atoms. The van der Waals surface area contributed by atoms with Crippen molar-refractivity contribution in [3.63, 3.8) is 0 Å². The van der Waals surface area contributed by atoms with Gasteiger partial charge in [-0.05, 0) is 47.6 Å². The molecule has 1 saturated heterocycles. The number of nitro groups is 1. The number of benzene rings is 3. The van der Waals surface area contributed by atoms with E-state index in [9.17, 15) is 20.0 Å². The average molecular weight is 492 g/mol. The molecular weight excluding hydrogens is 474 g/mol. The summed E-state index contributed by atoms with van der Waals surface area (Å²) in [5.74, 6) is 0.0698. The number of hydrazone groups is 1. The molecule has 0 radical (unpaired) electrons. The normalized spacial score (nSPS) is 14.8. The number of amides is 1. The maximum Gasteiger partial charge on any atom is 0.286 e. The number of phenolic OH excluding ortho intramolecular Hbond substituents is 1. The molecule has 170 valence electrons. The largest absolute Gasteiger partial charge is 0.507 e. The van der Waals surface area contributed by atoms with Crippen LogP contribution in [0.3, 0.4) is 0 Å².